The van der Waals surface area contributed by atoms with Crippen LogP contribution < -0.4 is 62.9 Å². The summed E-state index contributed by atoms with van der Waals surface area (Å²) >= 11 is 0. The SMILES string of the molecule is Cc1oc(-c2ccccc2)nc1CCOc1cccc(CN(C)[CH-]C(=O)O)c1.[Rb+]. The number of aromatic nitrogens is 1. The van der Waals surface area contributed by atoms with E-state index in [2.05, 4.69) is 4.98 Å². The monoisotopic (exact) mass is 464 g/mol. The molecule has 3 rings (SSSR count). The Bertz CT molecular complexity index is 928. The van der Waals surface area contributed by atoms with E-state index < -0.39 is 5.97 Å². The third-order valence-corrected chi connectivity index (χ3v) is 4.18. The van der Waals surface area contributed by atoms with Gasteiger partial charge in [-0.25, -0.2) is 11.5 Å². The Morgan fingerprint density at radius 2 is 1.97 bits per heavy atom. The Kier molecular flexibility index (Phi) is 9.59. The normalized spacial score (nSPS) is 10.4. The van der Waals surface area contributed by atoms with Crippen molar-refractivity contribution in [1.82, 2.24) is 9.88 Å². The molecular weight excluding hydrogens is 442 g/mol. The minimum Gasteiger partial charge on any atom is -0.502 e. The Morgan fingerprint density at radius 1 is 1.21 bits per heavy atom. The number of aryl methyl sites for hydroxylation is 1. The number of carbonyl (C=O) groups is 1. The van der Waals surface area contributed by atoms with Crippen molar-refractivity contribution < 1.29 is 77.2 Å². The third-order valence-electron chi connectivity index (χ3n) is 4.18. The molecule has 6 nitrogen and oxygen atoms in total. The maximum absolute atomic E-state index is 10.7. The zero-order chi connectivity index (χ0) is 19.9. The van der Waals surface area contributed by atoms with Crippen molar-refractivity contribution in [1.29, 1.82) is 0 Å². The van der Waals surface area contributed by atoms with Gasteiger partial charge in [0.25, 0.3) is 0 Å². The molecule has 0 aliphatic heterocycles. The van der Waals surface area contributed by atoms with Crippen molar-refractivity contribution in [3.05, 3.63) is 78.2 Å². The number of hydrogen-bond acceptors (Lipinski definition) is 5. The van der Waals surface area contributed by atoms with Crippen molar-refractivity contribution in [2.24, 2.45) is 0 Å². The molecule has 0 aliphatic carbocycles. The number of benzene rings is 2. The van der Waals surface area contributed by atoms with Gasteiger partial charge in [0.2, 0.25) is 5.89 Å². The van der Waals surface area contributed by atoms with E-state index in [1.165, 1.54) is 0 Å². The topological polar surface area (TPSA) is 75.8 Å². The van der Waals surface area contributed by atoms with Crippen molar-refractivity contribution >= 4 is 5.97 Å². The summed E-state index contributed by atoms with van der Waals surface area (Å²) in [4.78, 5) is 16.9. The van der Waals surface area contributed by atoms with Crippen molar-refractivity contribution in [2.75, 3.05) is 13.7 Å². The van der Waals surface area contributed by atoms with Crippen LogP contribution in [0.4, 0.5) is 0 Å². The fraction of sp³-hybridized carbons (Fsp3) is 0.227. The van der Waals surface area contributed by atoms with Gasteiger partial charge in [0.05, 0.1) is 12.3 Å². The van der Waals surface area contributed by atoms with E-state index in [9.17, 15) is 4.79 Å². The van der Waals surface area contributed by atoms with E-state index in [1.54, 1.807) is 11.9 Å². The number of carboxylic acid groups (broad SMARTS) is 1. The van der Waals surface area contributed by atoms with Gasteiger partial charge in [0.15, 0.2) is 5.97 Å². The zero-order valence-electron chi connectivity index (χ0n) is 17.0. The van der Waals surface area contributed by atoms with Gasteiger partial charge < -0.3 is 19.2 Å². The van der Waals surface area contributed by atoms with Crippen LogP contribution in [0.2, 0.25) is 0 Å². The second-order valence-corrected chi connectivity index (χ2v) is 6.52. The first kappa shape index (κ1) is 23.8. The van der Waals surface area contributed by atoms with E-state index in [-0.39, 0.29) is 58.2 Å². The molecule has 0 atom stereocenters. The van der Waals surface area contributed by atoms with Gasteiger partial charge in [0.1, 0.15) is 11.5 Å². The van der Waals surface area contributed by atoms with Gasteiger partial charge in [-0.3, -0.25) is 4.79 Å². The second-order valence-electron chi connectivity index (χ2n) is 6.52. The first-order valence-electron chi connectivity index (χ1n) is 9.03. The van der Waals surface area contributed by atoms with Crippen molar-refractivity contribution in [3.63, 3.8) is 0 Å². The molecule has 29 heavy (non-hydrogen) atoms. The fourth-order valence-electron chi connectivity index (χ4n) is 2.89. The average Bonchev–Trinajstić information content (AvgIpc) is 3.03. The zero-order valence-corrected chi connectivity index (χ0v) is 21.9. The molecule has 1 aromatic heterocycles. The Morgan fingerprint density at radius 3 is 2.69 bits per heavy atom. The number of ether oxygens (including phenoxy) is 1. The number of nitrogens with zero attached hydrogens (tertiary/aromatic N) is 2. The molecule has 0 bridgehead atoms. The quantitative estimate of drug-likeness (QED) is 0.475. The molecule has 0 radical (unpaired) electrons. The Hall–Kier alpha value is -1.44. The van der Waals surface area contributed by atoms with Crippen LogP contribution in [-0.4, -0.2) is 34.6 Å². The fourth-order valence-corrected chi connectivity index (χ4v) is 2.89. The van der Waals surface area contributed by atoms with Crippen LogP contribution >= 0.6 is 0 Å². The molecule has 3 aromatic rings. The Balaban J connectivity index is 0.00000300. The van der Waals surface area contributed by atoms with E-state index in [1.807, 2.05) is 61.5 Å². The van der Waals surface area contributed by atoms with Crippen LogP contribution in [0.5, 0.6) is 5.75 Å². The van der Waals surface area contributed by atoms with Crippen LogP contribution in [0, 0.1) is 13.5 Å². The number of likely N-dealkylation sites (N-methyl/N-ethyl adjacent to an activating group) is 1. The van der Waals surface area contributed by atoms with Gasteiger partial charge in [-0.2, -0.15) is 0 Å². The average molecular weight is 465 g/mol. The van der Waals surface area contributed by atoms with E-state index in [0.717, 1.165) is 34.9 Å². The third kappa shape index (κ3) is 7.39. The molecule has 7 heteroatoms. The molecule has 1 heterocycles. The standard InChI is InChI=1S/C22H23N2O4.Rb/c1-16-20(23-22(28-16)18-8-4-3-5-9-18)11-12-27-19-10-6-7-17(13-19)14-24(2)15-21(25)26;/h3-10,13,15H,11-12,14H2,1-2H3,(H,25,26);/q-1;+1. The van der Waals surface area contributed by atoms with E-state index in [4.69, 9.17) is 14.3 Å². The number of oxazole rings is 1. The summed E-state index contributed by atoms with van der Waals surface area (Å²) in [5.74, 6) is 1.19. The van der Waals surface area contributed by atoms with Crippen LogP contribution in [0.1, 0.15) is 17.0 Å². The summed E-state index contributed by atoms with van der Waals surface area (Å²) in [5, 5.41) is 8.80. The number of carboxylic acids is 1. The van der Waals surface area contributed by atoms with Gasteiger partial charge in [-0.15, -0.1) is 0 Å². The molecule has 2 aromatic carbocycles. The summed E-state index contributed by atoms with van der Waals surface area (Å²) in [6.45, 7) is 4.02. The maximum atomic E-state index is 10.7. The minimum atomic E-state index is -0.965. The molecule has 0 aliphatic rings. The van der Waals surface area contributed by atoms with Crippen molar-refractivity contribution in [3.8, 4) is 17.2 Å². The van der Waals surface area contributed by atoms with Gasteiger partial charge >= 0.3 is 58.2 Å². The maximum Gasteiger partial charge on any atom is 1.00 e. The van der Waals surface area contributed by atoms with Gasteiger partial charge in [-0.05, 0) is 50.3 Å². The summed E-state index contributed by atoms with van der Waals surface area (Å²) < 4.78 is 11.6. The van der Waals surface area contributed by atoms with Gasteiger partial charge in [-0.1, -0.05) is 30.3 Å². The molecular formula is C22H23N2O4Rb. The largest absolute Gasteiger partial charge is 1.00 e. The van der Waals surface area contributed by atoms with E-state index >= 15 is 0 Å². The van der Waals surface area contributed by atoms with Crippen LogP contribution in [-0.2, 0) is 17.8 Å². The molecule has 146 valence electrons. The van der Waals surface area contributed by atoms with Crippen LogP contribution in [0.25, 0.3) is 11.5 Å². The summed E-state index contributed by atoms with van der Waals surface area (Å²) in [6, 6.07) is 17.4. The predicted octanol–water partition coefficient (Wildman–Crippen LogP) is 0.954. The predicted molar refractivity (Wildman–Crippen MR) is 106 cm³/mol. The van der Waals surface area contributed by atoms with Crippen LogP contribution in [0.15, 0.2) is 59.0 Å². The molecule has 0 saturated carbocycles. The second kappa shape index (κ2) is 11.7. The molecule has 0 unspecified atom stereocenters. The summed E-state index contributed by atoms with van der Waals surface area (Å²) in [5.41, 5.74) is 2.81. The molecule has 0 saturated heterocycles. The molecule has 0 amide bonds. The first-order valence-corrected chi connectivity index (χ1v) is 9.03. The number of rotatable bonds is 9. The first-order chi connectivity index (χ1) is 13.5. The number of aliphatic carboxylic acids is 1. The summed E-state index contributed by atoms with van der Waals surface area (Å²) in [7, 11) is 1.72. The smallest absolute Gasteiger partial charge is 0.502 e. The van der Waals surface area contributed by atoms with E-state index in [0.29, 0.717) is 25.5 Å². The number of hydrogen-bond donors (Lipinski definition) is 1. The molecule has 1 N–H and O–H groups in total. The van der Waals surface area contributed by atoms with Gasteiger partial charge in [0, 0.05) is 12.0 Å². The molecule has 0 spiro atoms. The minimum absolute atomic E-state index is 0. The van der Waals surface area contributed by atoms with Crippen molar-refractivity contribution in [2.45, 2.75) is 19.9 Å². The Labute approximate surface area is 219 Å². The van der Waals surface area contributed by atoms with Crippen LogP contribution in [0.3, 0.4) is 0 Å². The molecule has 0 fully saturated rings. The summed E-state index contributed by atoms with van der Waals surface area (Å²) in [6.07, 6.45) is 0.638.